The molecular weight excluding hydrogens is 382 g/mol. The van der Waals surface area contributed by atoms with Crippen molar-refractivity contribution < 1.29 is 9.90 Å². The van der Waals surface area contributed by atoms with Gasteiger partial charge in [-0.05, 0) is 55.5 Å². The summed E-state index contributed by atoms with van der Waals surface area (Å²) in [4.78, 5) is 21.2. The number of nitrogens with zero attached hydrogens (tertiary/aromatic N) is 2. The van der Waals surface area contributed by atoms with Gasteiger partial charge in [-0.15, -0.1) is 11.3 Å². The minimum atomic E-state index is -0.782. The second kappa shape index (κ2) is 7.66. The maximum atomic E-state index is 10.7. The average Bonchev–Trinajstić information content (AvgIpc) is 3.30. The fraction of sp³-hybridized carbons (Fsp3) is 0.250. The smallest absolute Gasteiger partial charge is 0.303 e. The van der Waals surface area contributed by atoms with E-state index in [2.05, 4.69) is 5.32 Å². The van der Waals surface area contributed by atoms with Gasteiger partial charge in [0.05, 0.1) is 9.21 Å². The molecule has 0 amide bonds. The molecule has 27 heavy (non-hydrogen) atoms. The highest BCUT2D eigenvalue weighted by molar-refractivity contribution is 7.19. The SMILES string of the molecule is O=C(O)CCc1ccc(Nc2nc(-c3ccc(Cl)s3)nc3c2CCC3)cc1. The van der Waals surface area contributed by atoms with Crippen molar-refractivity contribution in [1.29, 1.82) is 0 Å². The summed E-state index contributed by atoms with van der Waals surface area (Å²) in [5, 5.41) is 12.2. The van der Waals surface area contributed by atoms with Crippen molar-refractivity contribution in [1.82, 2.24) is 9.97 Å². The number of aryl methyl sites for hydroxylation is 2. The van der Waals surface area contributed by atoms with Crippen LogP contribution < -0.4 is 5.32 Å². The molecule has 7 heteroatoms. The van der Waals surface area contributed by atoms with Crippen LogP contribution >= 0.6 is 22.9 Å². The number of aromatic nitrogens is 2. The van der Waals surface area contributed by atoms with Gasteiger partial charge in [0.25, 0.3) is 0 Å². The van der Waals surface area contributed by atoms with Gasteiger partial charge in [0.2, 0.25) is 0 Å². The molecule has 0 saturated carbocycles. The van der Waals surface area contributed by atoms with Crippen molar-refractivity contribution in [2.45, 2.75) is 32.1 Å². The first-order valence-electron chi connectivity index (χ1n) is 8.82. The zero-order valence-corrected chi connectivity index (χ0v) is 16.1. The molecule has 0 radical (unpaired) electrons. The summed E-state index contributed by atoms with van der Waals surface area (Å²) in [6.45, 7) is 0. The number of fused-ring (bicyclic) bond motifs is 1. The Morgan fingerprint density at radius 3 is 2.67 bits per heavy atom. The molecule has 2 aromatic heterocycles. The van der Waals surface area contributed by atoms with Crippen LogP contribution in [0.1, 0.15) is 29.7 Å². The zero-order valence-electron chi connectivity index (χ0n) is 14.5. The number of carboxylic acids is 1. The molecule has 0 bridgehead atoms. The van der Waals surface area contributed by atoms with E-state index in [0.717, 1.165) is 51.2 Å². The van der Waals surface area contributed by atoms with E-state index in [1.807, 2.05) is 36.4 Å². The Balaban J connectivity index is 1.60. The summed E-state index contributed by atoms with van der Waals surface area (Å²) in [6.07, 6.45) is 3.69. The Labute approximate surface area is 166 Å². The molecule has 4 rings (SSSR count). The van der Waals surface area contributed by atoms with E-state index in [1.54, 1.807) is 0 Å². The molecule has 1 aromatic carbocycles. The average molecular weight is 400 g/mol. The zero-order chi connectivity index (χ0) is 18.8. The van der Waals surface area contributed by atoms with E-state index < -0.39 is 5.97 Å². The second-order valence-electron chi connectivity index (χ2n) is 6.49. The fourth-order valence-corrected chi connectivity index (χ4v) is 4.20. The first-order chi connectivity index (χ1) is 13.1. The van der Waals surface area contributed by atoms with Gasteiger partial charge in [-0.2, -0.15) is 0 Å². The molecule has 0 atom stereocenters. The lowest BCUT2D eigenvalue weighted by molar-refractivity contribution is -0.136. The Hall–Kier alpha value is -2.44. The fourth-order valence-electron chi connectivity index (χ4n) is 3.22. The summed E-state index contributed by atoms with van der Waals surface area (Å²) >= 11 is 7.54. The van der Waals surface area contributed by atoms with Crippen molar-refractivity contribution in [3.63, 3.8) is 0 Å². The number of thiophene rings is 1. The number of hydrogen-bond acceptors (Lipinski definition) is 5. The molecule has 5 nitrogen and oxygen atoms in total. The topological polar surface area (TPSA) is 75.1 Å². The second-order valence-corrected chi connectivity index (χ2v) is 8.21. The van der Waals surface area contributed by atoms with Crippen LogP contribution in [0.2, 0.25) is 4.34 Å². The highest BCUT2D eigenvalue weighted by Crippen LogP contribution is 2.34. The van der Waals surface area contributed by atoms with E-state index >= 15 is 0 Å². The molecule has 0 unspecified atom stereocenters. The molecule has 2 heterocycles. The van der Waals surface area contributed by atoms with E-state index in [1.165, 1.54) is 16.9 Å². The van der Waals surface area contributed by atoms with Crippen molar-refractivity contribution in [3.8, 4) is 10.7 Å². The summed E-state index contributed by atoms with van der Waals surface area (Å²) in [5.41, 5.74) is 4.21. The van der Waals surface area contributed by atoms with Gasteiger partial charge in [-0.25, -0.2) is 9.97 Å². The minimum absolute atomic E-state index is 0.138. The largest absolute Gasteiger partial charge is 0.481 e. The number of hydrogen-bond donors (Lipinski definition) is 2. The van der Waals surface area contributed by atoms with Crippen LogP contribution in [-0.2, 0) is 24.1 Å². The number of aliphatic carboxylic acids is 1. The molecule has 0 spiro atoms. The number of benzene rings is 1. The molecule has 1 aliphatic carbocycles. The predicted octanol–water partition coefficient (Wildman–Crippen LogP) is 5.11. The summed E-state index contributed by atoms with van der Waals surface area (Å²) < 4.78 is 0.723. The van der Waals surface area contributed by atoms with E-state index in [4.69, 9.17) is 26.7 Å². The van der Waals surface area contributed by atoms with Crippen LogP contribution in [0.5, 0.6) is 0 Å². The number of rotatable bonds is 6. The van der Waals surface area contributed by atoms with Gasteiger partial charge in [0.15, 0.2) is 5.82 Å². The predicted molar refractivity (Wildman–Crippen MR) is 108 cm³/mol. The quantitative estimate of drug-likeness (QED) is 0.602. The number of carbonyl (C=O) groups is 1. The van der Waals surface area contributed by atoms with E-state index in [-0.39, 0.29) is 6.42 Å². The van der Waals surface area contributed by atoms with Crippen molar-refractivity contribution in [2.24, 2.45) is 0 Å². The molecule has 3 aromatic rings. The first kappa shape index (κ1) is 17.9. The van der Waals surface area contributed by atoms with Crippen molar-refractivity contribution in [2.75, 3.05) is 5.32 Å². The molecular formula is C20H18ClN3O2S. The number of nitrogens with one attached hydrogen (secondary N) is 1. The van der Waals surface area contributed by atoms with Crippen molar-refractivity contribution in [3.05, 3.63) is 57.6 Å². The molecule has 0 fully saturated rings. The molecule has 1 aliphatic rings. The molecule has 2 N–H and O–H groups in total. The van der Waals surface area contributed by atoms with Gasteiger partial charge in [0.1, 0.15) is 5.82 Å². The summed E-state index contributed by atoms with van der Waals surface area (Å²) in [6, 6.07) is 11.6. The molecule has 138 valence electrons. The van der Waals surface area contributed by atoms with Gasteiger partial charge in [-0.3, -0.25) is 4.79 Å². The van der Waals surface area contributed by atoms with Crippen LogP contribution in [0.15, 0.2) is 36.4 Å². The third-order valence-corrected chi connectivity index (χ3v) is 5.80. The minimum Gasteiger partial charge on any atom is -0.481 e. The number of anilines is 2. The van der Waals surface area contributed by atoms with E-state index in [0.29, 0.717) is 12.2 Å². The van der Waals surface area contributed by atoms with Crippen LogP contribution in [0, 0.1) is 0 Å². The third kappa shape index (κ3) is 4.12. The van der Waals surface area contributed by atoms with E-state index in [9.17, 15) is 4.79 Å². The van der Waals surface area contributed by atoms with Crippen LogP contribution in [0.25, 0.3) is 10.7 Å². The van der Waals surface area contributed by atoms with Gasteiger partial charge in [-0.1, -0.05) is 23.7 Å². The number of carboxylic acid groups (broad SMARTS) is 1. The third-order valence-electron chi connectivity index (χ3n) is 4.57. The summed E-state index contributed by atoms with van der Waals surface area (Å²) in [7, 11) is 0. The first-order valence-corrected chi connectivity index (χ1v) is 10.0. The van der Waals surface area contributed by atoms with Gasteiger partial charge in [0, 0.05) is 23.4 Å². The van der Waals surface area contributed by atoms with Crippen LogP contribution in [0.4, 0.5) is 11.5 Å². The molecule has 0 saturated heterocycles. The maximum Gasteiger partial charge on any atom is 0.303 e. The number of halogens is 1. The lowest BCUT2D eigenvalue weighted by atomic mass is 10.1. The Morgan fingerprint density at radius 1 is 1.15 bits per heavy atom. The highest BCUT2D eigenvalue weighted by atomic mass is 35.5. The Morgan fingerprint density at radius 2 is 1.96 bits per heavy atom. The lowest BCUT2D eigenvalue weighted by Gasteiger charge is -2.12. The highest BCUT2D eigenvalue weighted by Gasteiger charge is 2.20. The molecule has 0 aliphatic heterocycles. The maximum absolute atomic E-state index is 10.7. The Kier molecular flexibility index (Phi) is 5.09. The van der Waals surface area contributed by atoms with Crippen LogP contribution in [0.3, 0.4) is 0 Å². The normalized spacial score (nSPS) is 12.8. The van der Waals surface area contributed by atoms with Crippen LogP contribution in [-0.4, -0.2) is 21.0 Å². The lowest BCUT2D eigenvalue weighted by Crippen LogP contribution is -2.03. The standard InChI is InChI=1S/C20H18ClN3O2S/c21-17-10-9-16(27-17)20-23-15-3-1-2-14(15)19(24-20)22-13-7-4-12(5-8-13)6-11-18(25)26/h4-5,7-10H,1-3,6,11H2,(H,25,26)(H,22,23,24). The van der Waals surface area contributed by atoms with Gasteiger partial charge >= 0.3 is 5.97 Å². The summed E-state index contributed by atoms with van der Waals surface area (Å²) in [5.74, 6) is 0.762. The monoisotopic (exact) mass is 399 g/mol. The Bertz CT molecular complexity index is 985. The van der Waals surface area contributed by atoms with Gasteiger partial charge < -0.3 is 10.4 Å². The van der Waals surface area contributed by atoms with Crippen molar-refractivity contribution >= 4 is 40.4 Å².